The predicted octanol–water partition coefficient (Wildman–Crippen LogP) is 3.59. The zero-order valence-electron chi connectivity index (χ0n) is 17.1. The number of hydrogen-bond acceptors (Lipinski definition) is 3. The molecule has 0 spiro atoms. The average molecular weight is 497 g/mol. The zero-order valence-corrected chi connectivity index (χ0v) is 19.4. The lowest BCUT2D eigenvalue weighted by Crippen LogP contribution is -2.39. The molecule has 0 radical (unpaired) electrons. The van der Waals surface area contributed by atoms with Crippen LogP contribution in [-0.2, 0) is 11.3 Å². The fourth-order valence-electron chi connectivity index (χ4n) is 3.01. The molecule has 1 aromatic carbocycles. The van der Waals surface area contributed by atoms with E-state index in [2.05, 4.69) is 47.8 Å². The molecular weight excluding hydrogens is 465 g/mol. The molecule has 1 saturated carbocycles. The number of para-hydroxylation sites is 1. The van der Waals surface area contributed by atoms with Crippen molar-refractivity contribution in [1.82, 2.24) is 20.4 Å². The Kier molecular flexibility index (Phi) is 9.24. The molecule has 0 atom stereocenters. The van der Waals surface area contributed by atoms with E-state index in [1.807, 2.05) is 23.7 Å². The average Bonchev–Trinajstić information content (AvgIpc) is 3.42. The summed E-state index contributed by atoms with van der Waals surface area (Å²) in [4.78, 5) is 4.75. The van der Waals surface area contributed by atoms with Crippen LogP contribution >= 0.6 is 24.0 Å². The van der Waals surface area contributed by atoms with Crippen molar-refractivity contribution in [3.05, 3.63) is 47.3 Å². The Balaban J connectivity index is 0.00000280. The fraction of sp³-hybridized carbons (Fsp3) is 0.524. The van der Waals surface area contributed by atoms with Gasteiger partial charge in [0, 0.05) is 25.4 Å². The van der Waals surface area contributed by atoms with Gasteiger partial charge in [0.25, 0.3) is 0 Å². The first-order valence-electron chi connectivity index (χ1n) is 9.89. The number of rotatable bonds is 9. The Morgan fingerprint density at radius 2 is 2.04 bits per heavy atom. The van der Waals surface area contributed by atoms with Crippen LogP contribution in [0.1, 0.15) is 36.7 Å². The highest BCUT2D eigenvalue weighted by atomic mass is 127. The van der Waals surface area contributed by atoms with Crippen molar-refractivity contribution in [3.63, 3.8) is 0 Å². The topological polar surface area (TPSA) is 63.5 Å². The smallest absolute Gasteiger partial charge is 0.191 e. The van der Waals surface area contributed by atoms with E-state index in [-0.39, 0.29) is 24.0 Å². The molecule has 2 N–H and O–H groups in total. The first kappa shape index (κ1) is 22.7. The molecule has 0 amide bonds. The Labute approximate surface area is 185 Å². The van der Waals surface area contributed by atoms with Gasteiger partial charge in [-0.2, -0.15) is 5.10 Å². The first-order valence-corrected chi connectivity index (χ1v) is 9.89. The highest BCUT2D eigenvalue weighted by molar-refractivity contribution is 14.0. The molecule has 1 aliphatic rings. The van der Waals surface area contributed by atoms with Crippen LogP contribution in [-0.4, -0.2) is 42.0 Å². The van der Waals surface area contributed by atoms with Gasteiger partial charge in [0.15, 0.2) is 5.96 Å². The summed E-state index contributed by atoms with van der Waals surface area (Å²) < 4.78 is 7.68. The minimum absolute atomic E-state index is 0. The van der Waals surface area contributed by atoms with Crippen LogP contribution in [0.25, 0.3) is 5.69 Å². The summed E-state index contributed by atoms with van der Waals surface area (Å²) in [6.07, 6.45) is 2.65. The van der Waals surface area contributed by atoms with Crippen molar-refractivity contribution in [1.29, 1.82) is 0 Å². The summed E-state index contributed by atoms with van der Waals surface area (Å²) in [5.41, 5.74) is 4.37. The van der Waals surface area contributed by atoms with Crippen molar-refractivity contribution in [2.45, 2.75) is 40.2 Å². The molecule has 1 aromatic heterocycles. The molecular formula is C21H32IN5O. The van der Waals surface area contributed by atoms with Gasteiger partial charge in [0.2, 0.25) is 0 Å². The molecule has 6 nitrogen and oxygen atoms in total. The highest BCUT2D eigenvalue weighted by Crippen LogP contribution is 2.28. The number of guanidine groups is 1. The van der Waals surface area contributed by atoms with Crippen LogP contribution in [0.5, 0.6) is 0 Å². The van der Waals surface area contributed by atoms with Gasteiger partial charge in [0.05, 0.1) is 24.5 Å². The minimum atomic E-state index is 0. The maximum atomic E-state index is 5.68. The summed E-state index contributed by atoms with van der Waals surface area (Å²) in [7, 11) is 0. The lowest BCUT2D eigenvalue weighted by molar-refractivity contribution is 0.129. The van der Waals surface area contributed by atoms with E-state index in [1.54, 1.807) is 0 Å². The third kappa shape index (κ3) is 6.77. The Hall–Kier alpha value is -1.61. The number of nitrogens with one attached hydrogen (secondary N) is 2. The Morgan fingerprint density at radius 1 is 1.25 bits per heavy atom. The number of aromatic nitrogens is 2. The molecule has 7 heteroatoms. The quantitative estimate of drug-likeness (QED) is 0.241. The molecule has 3 rings (SSSR count). The third-order valence-corrected chi connectivity index (χ3v) is 4.57. The number of aliphatic imine (C=N–C) groups is 1. The van der Waals surface area contributed by atoms with Gasteiger partial charge < -0.3 is 15.4 Å². The Morgan fingerprint density at radius 3 is 2.71 bits per heavy atom. The number of halogens is 1. The maximum absolute atomic E-state index is 5.68. The summed E-state index contributed by atoms with van der Waals surface area (Å²) >= 11 is 0. The van der Waals surface area contributed by atoms with Crippen LogP contribution in [0.3, 0.4) is 0 Å². The second-order valence-electron chi connectivity index (χ2n) is 7.11. The van der Waals surface area contributed by atoms with Crippen molar-refractivity contribution >= 4 is 29.9 Å². The van der Waals surface area contributed by atoms with Crippen molar-refractivity contribution in [3.8, 4) is 5.69 Å². The van der Waals surface area contributed by atoms with Gasteiger partial charge in [-0.15, -0.1) is 24.0 Å². The molecule has 154 valence electrons. The van der Waals surface area contributed by atoms with Gasteiger partial charge >= 0.3 is 0 Å². The van der Waals surface area contributed by atoms with E-state index in [0.29, 0.717) is 13.2 Å². The first-order chi connectivity index (χ1) is 13.2. The van der Waals surface area contributed by atoms with Crippen LogP contribution < -0.4 is 10.6 Å². The van der Waals surface area contributed by atoms with Gasteiger partial charge in [-0.1, -0.05) is 18.2 Å². The Bertz CT molecular complexity index is 770. The van der Waals surface area contributed by atoms with E-state index < -0.39 is 0 Å². The van der Waals surface area contributed by atoms with E-state index in [9.17, 15) is 0 Å². The molecule has 0 aliphatic heterocycles. The zero-order chi connectivity index (χ0) is 19.1. The molecule has 1 fully saturated rings. The standard InChI is InChI=1S/C21H31N5O.HI/c1-4-22-21(23-11-12-27-15-18-9-10-18)24-14-19-7-5-6-8-20(19)26-17(3)13-16(2)25-26;/h5-8,13,18H,4,9-12,14-15H2,1-3H3,(H2,22,23,24);1H. The summed E-state index contributed by atoms with van der Waals surface area (Å²) in [6, 6.07) is 10.4. The molecule has 0 saturated heterocycles. The van der Waals surface area contributed by atoms with Gasteiger partial charge in [0.1, 0.15) is 0 Å². The van der Waals surface area contributed by atoms with E-state index in [4.69, 9.17) is 9.73 Å². The van der Waals surface area contributed by atoms with Crippen molar-refractivity contribution in [2.24, 2.45) is 10.9 Å². The second-order valence-corrected chi connectivity index (χ2v) is 7.11. The SMILES string of the molecule is CCNC(=NCc1ccccc1-n1nc(C)cc1C)NCCOCC1CC1.I. The highest BCUT2D eigenvalue weighted by Gasteiger charge is 2.20. The number of hydrogen-bond donors (Lipinski definition) is 2. The van der Waals surface area contributed by atoms with Gasteiger partial charge in [-0.3, -0.25) is 0 Å². The minimum Gasteiger partial charge on any atom is -0.379 e. The monoisotopic (exact) mass is 497 g/mol. The molecule has 1 heterocycles. The van der Waals surface area contributed by atoms with Crippen LogP contribution in [0.2, 0.25) is 0 Å². The van der Waals surface area contributed by atoms with Crippen LogP contribution in [0.15, 0.2) is 35.3 Å². The molecule has 28 heavy (non-hydrogen) atoms. The largest absolute Gasteiger partial charge is 0.379 e. The maximum Gasteiger partial charge on any atom is 0.191 e. The van der Waals surface area contributed by atoms with E-state index in [0.717, 1.165) is 54.2 Å². The summed E-state index contributed by atoms with van der Waals surface area (Å²) in [6.45, 7) is 9.95. The van der Waals surface area contributed by atoms with Crippen molar-refractivity contribution < 1.29 is 4.74 Å². The molecule has 0 bridgehead atoms. The predicted molar refractivity (Wildman–Crippen MR) is 125 cm³/mol. The molecule has 0 unspecified atom stereocenters. The van der Waals surface area contributed by atoms with Crippen LogP contribution in [0.4, 0.5) is 0 Å². The third-order valence-electron chi connectivity index (χ3n) is 4.57. The number of ether oxygens (including phenoxy) is 1. The van der Waals surface area contributed by atoms with Gasteiger partial charge in [-0.25, -0.2) is 9.67 Å². The lowest BCUT2D eigenvalue weighted by atomic mass is 10.2. The summed E-state index contributed by atoms with van der Waals surface area (Å²) in [5, 5.41) is 11.3. The second kappa shape index (κ2) is 11.4. The van der Waals surface area contributed by atoms with Crippen LogP contribution in [0, 0.1) is 19.8 Å². The number of benzene rings is 1. The number of aryl methyl sites for hydroxylation is 2. The fourth-order valence-corrected chi connectivity index (χ4v) is 3.01. The summed E-state index contributed by atoms with van der Waals surface area (Å²) in [5.74, 6) is 1.62. The van der Waals surface area contributed by atoms with Crippen molar-refractivity contribution in [2.75, 3.05) is 26.3 Å². The normalized spacial score (nSPS) is 13.9. The number of nitrogens with zero attached hydrogens (tertiary/aromatic N) is 3. The lowest BCUT2D eigenvalue weighted by Gasteiger charge is -2.13. The van der Waals surface area contributed by atoms with E-state index in [1.165, 1.54) is 12.8 Å². The molecule has 2 aromatic rings. The molecule has 1 aliphatic carbocycles. The van der Waals surface area contributed by atoms with E-state index >= 15 is 0 Å². The van der Waals surface area contributed by atoms with Gasteiger partial charge in [-0.05, 0) is 57.2 Å².